The molecular formula is C43H67NO8Si. The molecule has 3 saturated heterocycles. The fourth-order valence-electron chi connectivity index (χ4n) is 10.1. The molecule has 1 aliphatic carbocycles. The van der Waals surface area contributed by atoms with Gasteiger partial charge in [-0.05, 0) is 92.1 Å². The zero-order valence-electron chi connectivity index (χ0n) is 34.3. The molecule has 0 aromatic heterocycles. The molecule has 296 valence electrons. The summed E-state index contributed by atoms with van der Waals surface area (Å²) in [6.45, 7) is 26.1. The van der Waals surface area contributed by atoms with Crippen molar-refractivity contribution >= 4 is 20.0 Å². The number of oxime groups is 1. The van der Waals surface area contributed by atoms with Gasteiger partial charge in [0.1, 0.15) is 29.4 Å². The summed E-state index contributed by atoms with van der Waals surface area (Å²) in [5.41, 5.74) is 3.48. The Morgan fingerprint density at radius 3 is 2.36 bits per heavy atom. The third kappa shape index (κ3) is 7.88. The molecule has 0 amide bonds. The summed E-state index contributed by atoms with van der Waals surface area (Å²) < 4.78 is 34.0. The van der Waals surface area contributed by atoms with E-state index in [1.807, 2.05) is 45.1 Å². The van der Waals surface area contributed by atoms with Gasteiger partial charge in [-0.15, -0.1) is 0 Å². The smallest absolute Gasteiger partial charge is 0.316 e. The number of rotatable bonds is 6. The average Bonchev–Trinajstić information content (AvgIpc) is 3.42. The van der Waals surface area contributed by atoms with E-state index in [0.29, 0.717) is 47.2 Å². The van der Waals surface area contributed by atoms with Gasteiger partial charge in [0.05, 0.1) is 24.9 Å². The maximum absolute atomic E-state index is 14.7. The predicted octanol–water partition coefficient (Wildman–Crippen LogP) is 9.12. The minimum Gasteiger partial charge on any atom is -0.462 e. The van der Waals surface area contributed by atoms with Gasteiger partial charge in [-0.25, -0.2) is 0 Å². The minimum atomic E-state index is -2.42. The lowest BCUT2D eigenvalue weighted by atomic mass is 9.71. The van der Waals surface area contributed by atoms with Crippen LogP contribution in [0.15, 0.2) is 63.9 Å². The van der Waals surface area contributed by atoms with E-state index in [2.05, 4.69) is 79.6 Å². The van der Waals surface area contributed by atoms with E-state index < -0.39 is 49.9 Å². The topological polar surface area (TPSA) is 116 Å². The number of nitrogens with zero attached hydrogens (tertiary/aromatic N) is 1. The maximum Gasteiger partial charge on any atom is 0.316 e. The third-order valence-electron chi connectivity index (χ3n) is 12.9. The van der Waals surface area contributed by atoms with Crippen LogP contribution in [-0.4, -0.2) is 78.8 Å². The van der Waals surface area contributed by atoms with E-state index in [4.69, 9.17) is 23.4 Å². The van der Waals surface area contributed by atoms with E-state index in [9.17, 15) is 15.1 Å². The van der Waals surface area contributed by atoms with Gasteiger partial charge in [-0.3, -0.25) is 4.79 Å². The monoisotopic (exact) mass is 753 g/mol. The molecule has 53 heavy (non-hydrogen) atoms. The van der Waals surface area contributed by atoms with Crippen molar-refractivity contribution in [2.75, 3.05) is 6.61 Å². The summed E-state index contributed by atoms with van der Waals surface area (Å²) in [5, 5.41) is 27.1. The van der Waals surface area contributed by atoms with Crippen LogP contribution in [0.25, 0.3) is 0 Å². The van der Waals surface area contributed by atoms with Crippen LogP contribution < -0.4 is 0 Å². The fraction of sp³-hybridized carbons (Fsp3) is 0.721. The zero-order valence-corrected chi connectivity index (χ0v) is 35.3. The van der Waals surface area contributed by atoms with Crippen LogP contribution in [0.5, 0.6) is 0 Å². The van der Waals surface area contributed by atoms with Crippen molar-refractivity contribution < 1.29 is 38.5 Å². The van der Waals surface area contributed by atoms with Gasteiger partial charge in [0.2, 0.25) is 14.1 Å². The summed E-state index contributed by atoms with van der Waals surface area (Å²) in [4.78, 5) is 14.7. The van der Waals surface area contributed by atoms with Crippen molar-refractivity contribution in [1.29, 1.82) is 0 Å². The number of carbonyl (C=O) groups is 1. The molecule has 0 saturated carbocycles. The first-order chi connectivity index (χ1) is 24.9. The van der Waals surface area contributed by atoms with E-state index in [1.165, 1.54) is 5.57 Å². The molecule has 0 aromatic rings. The normalized spacial score (nSPS) is 40.8. The summed E-state index contributed by atoms with van der Waals surface area (Å²) in [6, 6.07) is 0. The second kappa shape index (κ2) is 16.4. The molecule has 4 heterocycles. The first kappa shape index (κ1) is 41.8. The van der Waals surface area contributed by atoms with Crippen molar-refractivity contribution in [3.63, 3.8) is 0 Å². The quantitative estimate of drug-likeness (QED) is 0.0908. The Bertz CT molecular complexity index is 1520. The Hall–Kier alpha value is -2.34. The molecule has 3 fully saturated rings. The summed E-state index contributed by atoms with van der Waals surface area (Å²) in [6.07, 6.45) is 12.1. The number of hydrogen-bond acceptors (Lipinski definition) is 9. The minimum absolute atomic E-state index is 0.0584. The summed E-state index contributed by atoms with van der Waals surface area (Å²) >= 11 is 0. The highest BCUT2D eigenvalue weighted by Gasteiger charge is 2.62. The third-order valence-corrected chi connectivity index (χ3v) is 18.9. The average molecular weight is 754 g/mol. The van der Waals surface area contributed by atoms with Gasteiger partial charge < -0.3 is 33.7 Å². The molecule has 2 N–H and O–H groups in total. The first-order valence-corrected chi connectivity index (χ1v) is 22.2. The number of fused-ring (bicyclic) bond motifs is 2. The molecule has 1 spiro atoms. The van der Waals surface area contributed by atoms with Crippen LogP contribution in [0, 0.1) is 17.8 Å². The summed E-state index contributed by atoms with van der Waals surface area (Å²) in [5.74, 6) is -2.64. The molecule has 0 radical (unpaired) electrons. The number of aliphatic hydroxyl groups is 1. The molecule has 5 rings (SSSR count). The van der Waals surface area contributed by atoms with Gasteiger partial charge in [-0.1, -0.05) is 103 Å². The molecule has 0 unspecified atom stereocenters. The number of ether oxygens (including phenoxy) is 4. The lowest BCUT2D eigenvalue weighted by Gasteiger charge is -2.50. The molecular weight excluding hydrogens is 687 g/mol. The van der Waals surface area contributed by atoms with Gasteiger partial charge in [0.15, 0.2) is 0 Å². The van der Waals surface area contributed by atoms with Crippen molar-refractivity contribution in [2.45, 2.75) is 174 Å². The Balaban J connectivity index is 1.60. The summed E-state index contributed by atoms with van der Waals surface area (Å²) in [7, 11) is -2.42. The van der Waals surface area contributed by atoms with Crippen molar-refractivity contribution in [1.82, 2.24) is 0 Å². The molecule has 0 aromatic carbocycles. The highest BCUT2D eigenvalue weighted by molar-refractivity contribution is 6.77. The lowest BCUT2D eigenvalue weighted by Crippen LogP contribution is -2.62. The van der Waals surface area contributed by atoms with Crippen LogP contribution >= 0.6 is 0 Å². The molecule has 10 atom stereocenters. The van der Waals surface area contributed by atoms with E-state index in [0.717, 1.165) is 17.6 Å². The van der Waals surface area contributed by atoms with Gasteiger partial charge in [0, 0.05) is 12.8 Å². The predicted molar refractivity (Wildman–Crippen MR) is 211 cm³/mol. The highest BCUT2D eigenvalue weighted by Crippen LogP contribution is 2.51. The van der Waals surface area contributed by atoms with Gasteiger partial charge in [0.25, 0.3) is 0 Å². The number of carbonyl (C=O) groups excluding carboxylic acids is 1. The molecule has 4 aliphatic heterocycles. The van der Waals surface area contributed by atoms with Crippen molar-refractivity contribution in [3.8, 4) is 0 Å². The Kier molecular flexibility index (Phi) is 12.9. The van der Waals surface area contributed by atoms with Gasteiger partial charge in [-0.2, -0.15) is 0 Å². The first-order valence-electron chi connectivity index (χ1n) is 20.1. The molecule has 9 nitrogen and oxygen atoms in total. The maximum atomic E-state index is 14.7. The number of hydrogen-bond donors (Lipinski definition) is 2. The Morgan fingerprint density at radius 1 is 1.06 bits per heavy atom. The number of esters is 1. The second-order valence-corrected chi connectivity index (χ2v) is 23.0. The standard InChI is InChI=1S/C43H67NO8Si/c1-13-30(10)38-32(12)21-37(44-47)42(51-38)23-35-22-34(50-42)18-17-29(9)19-28(8)15-14-16-33-24-48-40-39(52-53(25(2)3,26(4)5)27(6)7)31(11)20-36(41(45)49-35)43(33,40)46/h13-17,20,25-28,32,34-36,38-40,46-47H,18-19,21-24H2,1-12H3/b15-14+,29-17+,30-13+,33-16+,44-37+/t28-,32-,34+,35-,36-,38+,39+,40+,42-,43+/m0/s1. The second-order valence-electron chi connectivity index (χ2n) is 17.6. The SMILES string of the molecule is C/C=C(\C)[C@H]1O[C@@]2(C[C@@H]3C[C@@H](C/C=C(\C)C[C@@H](C)/C=C/C=C4\CO[C@@H]5[C@H](O[Si](C(C)C)(C(C)C)C(C)C)C(C)=C[C@@H](C(=O)O3)[C@]45O)O2)/C(=N/O)C[C@@H]1C. The molecule has 5 aliphatic rings. The van der Waals surface area contributed by atoms with E-state index in [-0.39, 0.29) is 37.1 Å². The molecule has 10 heteroatoms. The molecule has 2 bridgehead atoms. The Morgan fingerprint density at radius 2 is 1.74 bits per heavy atom. The van der Waals surface area contributed by atoms with Crippen LogP contribution in [0.3, 0.4) is 0 Å². The number of allylic oxidation sites excluding steroid dienone is 5. The van der Waals surface area contributed by atoms with Crippen LogP contribution in [0.1, 0.15) is 115 Å². The van der Waals surface area contributed by atoms with E-state index in [1.54, 1.807) is 0 Å². The Labute approximate surface area is 319 Å². The van der Waals surface area contributed by atoms with Crippen LogP contribution in [-0.2, 0) is 28.2 Å². The van der Waals surface area contributed by atoms with Crippen LogP contribution in [0.2, 0.25) is 16.6 Å². The highest BCUT2D eigenvalue weighted by atomic mass is 28.4. The van der Waals surface area contributed by atoms with Gasteiger partial charge >= 0.3 is 5.97 Å². The van der Waals surface area contributed by atoms with Crippen molar-refractivity contribution in [3.05, 3.63) is 58.7 Å². The van der Waals surface area contributed by atoms with Crippen molar-refractivity contribution in [2.24, 2.45) is 22.9 Å². The largest absolute Gasteiger partial charge is 0.462 e. The van der Waals surface area contributed by atoms with Crippen LogP contribution in [0.4, 0.5) is 0 Å². The van der Waals surface area contributed by atoms with E-state index >= 15 is 0 Å². The zero-order chi connectivity index (χ0) is 39.0. The lowest BCUT2D eigenvalue weighted by molar-refractivity contribution is -0.282. The fourth-order valence-corrected chi connectivity index (χ4v) is 15.7.